The van der Waals surface area contributed by atoms with Gasteiger partial charge in [0.1, 0.15) is 5.75 Å². The van der Waals surface area contributed by atoms with E-state index >= 15 is 0 Å². The SMILES string of the molecule is COC(=O)c1cccn2c(C(=O)c3ccc(N)c(OC)c3)c(C)cc12. The highest BCUT2D eigenvalue weighted by atomic mass is 16.5. The van der Waals surface area contributed by atoms with Crippen LogP contribution in [0.1, 0.15) is 32.0 Å². The number of carbonyl (C=O) groups excluding carboxylic acids is 2. The van der Waals surface area contributed by atoms with Crippen LogP contribution < -0.4 is 10.5 Å². The molecule has 0 unspecified atom stereocenters. The van der Waals surface area contributed by atoms with Crippen LogP contribution in [0.25, 0.3) is 5.52 Å². The van der Waals surface area contributed by atoms with Gasteiger partial charge in [-0.3, -0.25) is 4.79 Å². The van der Waals surface area contributed by atoms with Crippen molar-refractivity contribution in [2.24, 2.45) is 0 Å². The van der Waals surface area contributed by atoms with Crippen LogP contribution in [0.5, 0.6) is 5.75 Å². The highest BCUT2D eigenvalue weighted by Gasteiger charge is 2.21. The van der Waals surface area contributed by atoms with Crippen LogP contribution >= 0.6 is 0 Å². The molecule has 2 N–H and O–H groups in total. The molecule has 0 radical (unpaired) electrons. The summed E-state index contributed by atoms with van der Waals surface area (Å²) in [5.41, 5.74) is 9.00. The number of benzene rings is 1. The van der Waals surface area contributed by atoms with Crippen LogP contribution in [0.15, 0.2) is 42.6 Å². The van der Waals surface area contributed by atoms with E-state index in [9.17, 15) is 9.59 Å². The van der Waals surface area contributed by atoms with E-state index in [2.05, 4.69) is 0 Å². The largest absolute Gasteiger partial charge is 0.495 e. The number of fused-ring (bicyclic) bond motifs is 1. The predicted octanol–water partition coefficient (Wildman–Crippen LogP) is 2.86. The number of aromatic nitrogens is 1. The second-order valence-electron chi connectivity index (χ2n) is 5.63. The topological polar surface area (TPSA) is 83.0 Å². The molecule has 0 aliphatic heterocycles. The van der Waals surface area contributed by atoms with Gasteiger partial charge in [-0.1, -0.05) is 0 Å². The number of hydrogen-bond donors (Lipinski definition) is 1. The zero-order valence-corrected chi connectivity index (χ0v) is 14.2. The molecule has 0 spiro atoms. The first-order valence-electron chi connectivity index (χ1n) is 7.65. The third-order valence-electron chi connectivity index (χ3n) is 4.12. The van der Waals surface area contributed by atoms with E-state index in [1.165, 1.54) is 14.2 Å². The Morgan fingerprint density at radius 1 is 1.12 bits per heavy atom. The minimum atomic E-state index is -0.448. The Kier molecular flexibility index (Phi) is 4.19. The van der Waals surface area contributed by atoms with E-state index in [4.69, 9.17) is 15.2 Å². The van der Waals surface area contributed by atoms with Gasteiger partial charge in [-0.15, -0.1) is 0 Å². The lowest BCUT2D eigenvalue weighted by molar-refractivity contribution is 0.0602. The second-order valence-corrected chi connectivity index (χ2v) is 5.63. The van der Waals surface area contributed by atoms with Crippen molar-refractivity contribution in [3.05, 3.63) is 65.0 Å². The monoisotopic (exact) mass is 338 g/mol. The molecule has 0 bridgehead atoms. The Morgan fingerprint density at radius 2 is 1.88 bits per heavy atom. The van der Waals surface area contributed by atoms with E-state index < -0.39 is 5.97 Å². The van der Waals surface area contributed by atoms with Gasteiger partial charge >= 0.3 is 5.97 Å². The first-order chi connectivity index (χ1) is 12.0. The van der Waals surface area contributed by atoms with Gasteiger partial charge in [-0.05, 0) is 48.9 Å². The van der Waals surface area contributed by atoms with Gasteiger partial charge in [0.2, 0.25) is 5.78 Å². The summed E-state index contributed by atoms with van der Waals surface area (Å²) in [6.07, 6.45) is 1.75. The van der Waals surface area contributed by atoms with Gasteiger partial charge in [0.05, 0.1) is 36.7 Å². The number of pyridine rings is 1. The third-order valence-corrected chi connectivity index (χ3v) is 4.12. The van der Waals surface area contributed by atoms with Crippen molar-refractivity contribution in [3.8, 4) is 5.75 Å². The average Bonchev–Trinajstić information content (AvgIpc) is 2.96. The zero-order valence-electron chi connectivity index (χ0n) is 14.2. The van der Waals surface area contributed by atoms with Crippen LogP contribution in [-0.4, -0.2) is 30.4 Å². The first-order valence-corrected chi connectivity index (χ1v) is 7.65. The smallest absolute Gasteiger partial charge is 0.339 e. The number of esters is 1. The van der Waals surface area contributed by atoms with E-state index in [-0.39, 0.29) is 5.78 Å². The molecular formula is C19H18N2O4. The number of methoxy groups -OCH3 is 2. The normalized spacial score (nSPS) is 10.7. The highest BCUT2D eigenvalue weighted by molar-refractivity contribution is 6.11. The molecule has 25 heavy (non-hydrogen) atoms. The van der Waals surface area contributed by atoms with Gasteiger partial charge in [-0.2, -0.15) is 0 Å². The molecule has 2 aromatic heterocycles. The number of nitrogens with zero attached hydrogens (tertiary/aromatic N) is 1. The van der Waals surface area contributed by atoms with Crippen molar-refractivity contribution < 1.29 is 19.1 Å². The molecule has 6 nitrogen and oxygen atoms in total. The van der Waals surface area contributed by atoms with Crippen molar-refractivity contribution in [3.63, 3.8) is 0 Å². The molecule has 0 saturated carbocycles. The maximum Gasteiger partial charge on any atom is 0.339 e. The number of nitrogen functional groups attached to an aromatic ring is 1. The summed E-state index contributed by atoms with van der Waals surface area (Å²) in [6, 6.07) is 10.1. The summed E-state index contributed by atoms with van der Waals surface area (Å²) >= 11 is 0. The van der Waals surface area contributed by atoms with E-state index in [0.717, 1.165) is 5.56 Å². The number of carbonyl (C=O) groups is 2. The zero-order chi connectivity index (χ0) is 18.1. The molecule has 2 heterocycles. The summed E-state index contributed by atoms with van der Waals surface area (Å²) in [5.74, 6) is -0.186. The molecule has 3 rings (SSSR count). The molecule has 0 fully saturated rings. The molecule has 0 aliphatic carbocycles. The van der Waals surface area contributed by atoms with Crippen molar-refractivity contribution in [1.82, 2.24) is 4.40 Å². The number of aryl methyl sites for hydroxylation is 1. The van der Waals surface area contributed by atoms with Crippen molar-refractivity contribution >= 4 is 23.0 Å². The Morgan fingerprint density at radius 3 is 2.56 bits per heavy atom. The minimum Gasteiger partial charge on any atom is -0.495 e. The summed E-state index contributed by atoms with van der Waals surface area (Å²) in [5, 5.41) is 0. The van der Waals surface area contributed by atoms with Gasteiger partial charge in [0.15, 0.2) is 0 Å². The fraction of sp³-hybridized carbons (Fsp3) is 0.158. The molecule has 0 saturated heterocycles. The number of nitrogens with two attached hydrogens (primary N) is 1. The summed E-state index contributed by atoms with van der Waals surface area (Å²) in [7, 11) is 2.83. The molecule has 128 valence electrons. The standard InChI is InChI=1S/C19H18N2O4/c1-11-9-15-13(19(23)25-3)5-4-8-21(15)17(11)18(22)12-6-7-14(20)16(10-12)24-2/h4-10H,20H2,1-3H3. The van der Waals surface area contributed by atoms with Crippen molar-refractivity contribution in [2.75, 3.05) is 20.0 Å². The number of ketones is 1. The third kappa shape index (κ3) is 2.71. The fourth-order valence-corrected chi connectivity index (χ4v) is 2.89. The average molecular weight is 338 g/mol. The maximum atomic E-state index is 13.0. The fourth-order valence-electron chi connectivity index (χ4n) is 2.89. The molecule has 0 atom stereocenters. The second kappa shape index (κ2) is 6.32. The summed E-state index contributed by atoms with van der Waals surface area (Å²) < 4.78 is 11.7. The van der Waals surface area contributed by atoms with E-state index in [1.54, 1.807) is 47.0 Å². The number of anilines is 1. The predicted molar refractivity (Wildman–Crippen MR) is 94.3 cm³/mol. The molecule has 3 aromatic rings. The molecule has 1 aromatic carbocycles. The highest BCUT2D eigenvalue weighted by Crippen LogP contribution is 2.26. The van der Waals surface area contributed by atoms with Crippen LogP contribution in [-0.2, 0) is 4.74 Å². The lowest BCUT2D eigenvalue weighted by Crippen LogP contribution is -2.09. The number of ether oxygens (including phenoxy) is 2. The van der Waals surface area contributed by atoms with Gasteiger partial charge in [0, 0.05) is 11.8 Å². The first kappa shape index (κ1) is 16.6. The number of hydrogen-bond acceptors (Lipinski definition) is 5. The van der Waals surface area contributed by atoms with Crippen LogP contribution in [0.2, 0.25) is 0 Å². The Labute approximate surface area is 144 Å². The van der Waals surface area contributed by atoms with Crippen molar-refractivity contribution in [2.45, 2.75) is 6.92 Å². The summed E-state index contributed by atoms with van der Waals surface area (Å²) in [4.78, 5) is 25.0. The summed E-state index contributed by atoms with van der Waals surface area (Å²) in [6.45, 7) is 1.83. The number of rotatable bonds is 4. The molecule has 6 heteroatoms. The Balaban J connectivity index is 2.17. The van der Waals surface area contributed by atoms with Crippen LogP contribution in [0, 0.1) is 6.92 Å². The van der Waals surface area contributed by atoms with E-state index in [1.807, 2.05) is 6.92 Å². The van der Waals surface area contributed by atoms with Crippen LogP contribution in [0.4, 0.5) is 5.69 Å². The molecule has 0 amide bonds. The quantitative estimate of drug-likeness (QED) is 0.449. The lowest BCUT2D eigenvalue weighted by Gasteiger charge is -2.09. The van der Waals surface area contributed by atoms with Gasteiger partial charge in [-0.25, -0.2) is 4.79 Å². The lowest BCUT2D eigenvalue weighted by atomic mass is 10.0. The molecular weight excluding hydrogens is 320 g/mol. The Hall–Kier alpha value is -3.28. The van der Waals surface area contributed by atoms with Gasteiger partial charge < -0.3 is 19.6 Å². The van der Waals surface area contributed by atoms with Crippen LogP contribution in [0.3, 0.4) is 0 Å². The minimum absolute atomic E-state index is 0.183. The van der Waals surface area contributed by atoms with E-state index in [0.29, 0.717) is 33.8 Å². The van der Waals surface area contributed by atoms with Crippen molar-refractivity contribution in [1.29, 1.82) is 0 Å². The van der Waals surface area contributed by atoms with Gasteiger partial charge in [0.25, 0.3) is 0 Å². The molecule has 0 aliphatic rings. The maximum absolute atomic E-state index is 13.0. The Bertz CT molecular complexity index is 988.